The fourth-order valence-corrected chi connectivity index (χ4v) is 3.22. The summed E-state index contributed by atoms with van der Waals surface area (Å²) in [5, 5.41) is 2.70. The molecule has 0 saturated carbocycles. The predicted octanol–water partition coefficient (Wildman–Crippen LogP) is 2.37. The topological polar surface area (TPSA) is 101 Å². The van der Waals surface area contributed by atoms with E-state index in [0.29, 0.717) is 29.3 Å². The van der Waals surface area contributed by atoms with Crippen molar-refractivity contribution in [3.8, 4) is 0 Å². The van der Waals surface area contributed by atoms with Crippen molar-refractivity contribution in [3.05, 3.63) is 47.2 Å². The Balaban J connectivity index is 2.03. The molecule has 0 fully saturated rings. The Morgan fingerprint density at radius 2 is 2.04 bits per heavy atom. The van der Waals surface area contributed by atoms with Crippen LogP contribution in [0.25, 0.3) is 0 Å². The molecule has 0 saturated heterocycles. The number of anilines is 1. The number of benzene rings is 1. The van der Waals surface area contributed by atoms with E-state index in [1.807, 2.05) is 6.92 Å². The highest BCUT2D eigenvalue weighted by Crippen LogP contribution is 2.13. The maximum absolute atomic E-state index is 12.2. The van der Waals surface area contributed by atoms with E-state index in [1.165, 1.54) is 6.07 Å². The molecule has 0 bridgehead atoms. The lowest BCUT2D eigenvalue weighted by Crippen LogP contribution is -2.23. The predicted molar refractivity (Wildman–Crippen MR) is 91.3 cm³/mol. The maximum atomic E-state index is 12.2. The number of oxazole rings is 1. The zero-order valence-electron chi connectivity index (χ0n) is 13.9. The number of hydrogen-bond acceptors (Lipinski definition) is 5. The van der Waals surface area contributed by atoms with Crippen molar-refractivity contribution in [1.82, 2.24) is 10.3 Å². The summed E-state index contributed by atoms with van der Waals surface area (Å²) in [6, 6.07) is 6.33. The van der Waals surface area contributed by atoms with E-state index in [1.54, 1.807) is 32.0 Å². The lowest BCUT2D eigenvalue weighted by molar-refractivity contribution is 0.0947. The number of sulfonamides is 1. The van der Waals surface area contributed by atoms with Crippen LogP contribution in [0, 0.1) is 13.8 Å². The molecule has 0 spiro atoms. The molecule has 0 radical (unpaired) electrons. The summed E-state index contributed by atoms with van der Waals surface area (Å²) in [5.74, 6) is 0.844. The zero-order valence-corrected chi connectivity index (χ0v) is 14.7. The molecule has 0 aliphatic carbocycles. The van der Waals surface area contributed by atoms with Crippen molar-refractivity contribution >= 4 is 21.6 Å². The first-order chi connectivity index (χ1) is 11.3. The quantitative estimate of drug-likeness (QED) is 0.797. The summed E-state index contributed by atoms with van der Waals surface area (Å²) in [4.78, 5) is 16.4. The largest absolute Gasteiger partial charge is 0.444 e. The summed E-state index contributed by atoms with van der Waals surface area (Å²) in [7, 11) is -3.39. The highest BCUT2D eigenvalue weighted by atomic mass is 32.2. The van der Waals surface area contributed by atoms with Gasteiger partial charge in [0.1, 0.15) is 5.76 Å². The number of nitrogens with one attached hydrogen (secondary N) is 2. The lowest BCUT2D eigenvalue weighted by Gasteiger charge is -2.09. The second-order valence-corrected chi connectivity index (χ2v) is 7.28. The molecule has 0 unspecified atom stereocenters. The second-order valence-electron chi connectivity index (χ2n) is 5.43. The summed E-state index contributed by atoms with van der Waals surface area (Å²) in [6.45, 7) is 5.59. The number of nitrogens with zero attached hydrogens (tertiary/aromatic N) is 1. The third-order valence-electron chi connectivity index (χ3n) is 3.34. The molecule has 8 heteroatoms. The number of rotatable bonds is 7. The van der Waals surface area contributed by atoms with Gasteiger partial charge in [-0.1, -0.05) is 13.0 Å². The first-order valence-corrected chi connectivity index (χ1v) is 9.27. The molecule has 24 heavy (non-hydrogen) atoms. The van der Waals surface area contributed by atoms with E-state index in [4.69, 9.17) is 4.42 Å². The van der Waals surface area contributed by atoms with Crippen LogP contribution in [0.2, 0.25) is 0 Å². The van der Waals surface area contributed by atoms with Crippen LogP contribution in [0.5, 0.6) is 0 Å². The van der Waals surface area contributed by atoms with Gasteiger partial charge in [0.25, 0.3) is 5.91 Å². The average Bonchev–Trinajstić information content (AvgIpc) is 2.83. The van der Waals surface area contributed by atoms with E-state index < -0.39 is 10.0 Å². The molecule has 1 aromatic heterocycles. The number of amides is 1. The molecule has 2 aromatic rings. The van der Waals surface area contributed by atoms with Crippen LogP contribution in [0.4, 0.5) is 5.69 Å². The van der Waals surface area contributed by atoms with Crippen molar-refractivity contribution < 1.29 is 17.6 Å². The summed E-state index contributed by atoms with van der Waals surface area (Å²) in [6.07, 6.45) is 0.518. The van der Waals surface area contributed by atoms with Crippen LogP contribution >= 0.6 is 0 Å². The summed E-state index contributed by atoms with van der Waals surface area (Å²) in [5.41, 5.74) is 1.50. The average molecular weight is 351 g/mol. The first-order valence-electron chi connectivity index (χ1n) is 7.62. The minimum Gasteiger partial charge on any atom is -0.444 e. The van der Waals surface area contributed by atoms with E-state index in [9.17, 15) is 13.2 Å². The molecule has 130 valence electrons. The Kier molecular flexibility index (Phi) is 5.61. The fraction of sp³-hybridized carbons (Fsp3) is 0.375. The third kappa shape index (κ3) is 4.82. The van der Waals surface area contributed by atoms with Gasteiger partial charge in [-0.3, -0.25) is 9.52 Å². The van der Waals surface area contributed by atoms with Gasteiger partial charge in [-0.2, -0.15) is 0 Å². The Bertz CT molecular complexity index is 808. The zero-order chi connectivity index (χ0) is 17.7. The van der Waals surface area contributed by atoms with Gasteiger partial charge in [0.05, 0.1) is 18.0 Å². The molecule has 1 aromatic carbocycles. The smallest absolute Gasteiger partial charge is 0.251 e. The molecule has 7 nitrogen and oxygen atoms in total. The molecule has 1 heterocycles. The number of aryl methyl sites for hydroxylation is 2. The summed E-state index contributed by atoms with van der Waals surface area (Å²) < 4.78 is 31.4. The lowest BCUT2D eigenvalue weighted by atomic mass is 10.2. The second kappa shape index (κ2) is 7.48. The monoisotopic (exact) mass is 351 g/mol. The van der Waals surface area contributed by atoms with Crippen molar-refractivity contribution in [2.45, 2.75) is 33.7 Å². The van der Waals surface area contributed by atoms with Crippen LogP contribution < -0.4 is 10.0 Å². The molecule has 0 atom stereocenters. The Labute approximate surface area is 141 Å². The van der Waals surface area contributed by atoms with Crippen LogP contribution in [-0.2, 0) is 16.6 Å². The first kappa shape index (κ1) is 18.0. The fourth-order valence-electron chi connectivity index (χ4n) is 2.10. The Morgan fingerprint density at radius 1 is 1.29 bits per heavy atom. The number of carbonyl (C=O) groups excluding carboxylic acids is 1. The van der Waals surface area contributed by atoms with Crippen LogP contribution in [0.3, 0.4) is 0 Å². The normalized spacial score (nSPS) is 11.3. The highest BCUT2D eigenvalue weighted by Gasteiger charge is 2.12. The van der Waals surface area contributed by atoms with Gasteiger partial charge in [-0.25, -0.2) is 13.4 Å². The van der Waals surface area contributed by atoms with Crippen molar-refractivity contribution in [1.29, 1.82) is 0 Å². The van der Waals surface area contributed by atoms with E-state index in [-0.39, 0.29) is 18.2 Å². The standard InChI is InChI=1S/C16H21N3O4S/c1-4-8-24(21,22)19-14-7-5-6-13(9-14)16(20)17-10-15-18-11(2)12(3)23-15/h5-7,9,19H,4,8,10H2,1-3H3,(H,17,20). The molecule has 2 N–H and O–H groups in total. The summed E-state index contributed by atoms with van der Waals surface area (Å²) >= 11 is 0. The van der Waals surface area contributed by atoms with Crippen LogP contribution in [0.15, 0.2) is 28.7 Å². The number of hydrogen-bond donors (Lipinski definition) is 2. The molecular weight excluding hydrogens is 330 g/mol. The van der Waals surface area contributed by atoms with Gasteiger partial charge < -0.3 is 9.73 Å². The Hall–Kier alpha value is -2.35. The van der Waals surface area contributed by atoms with Gasteiger partial charge in [-0.15, -0.1) is 0 Å². The molecular formula is C16H21N3O4S. The van der Waals surface area contributed by atoms with Crippen LogP contribution in [-0.4, -0.2) is 25.1 Å². The van der Waals surface area contributed by atoms with Crippen molar-refractivity contribution in [2.75, 3.05) is 10.5 Å². The van der Waals surface area contributed by atoms with E-state index >= 15 is 0 Å². The molecule has 0 aliphatic heterocycles. The number of carbonyl (C=O) groups is 1. The van der Waals surface area contributed by atoms with Gasteiger partial charge in [-0.05, 0) is 38.5 Å². The Morgan fingerprint density at radius 3 is 2.67 bits per heavy atom. The SMILES string of the molecule is CCCS(=O)(=O)Nc1cccc(C(=O)NCc2nc(C)c(C)o2)c1. The van der Waals surface area contributed by atoms with Crippen LogP contribution in [0.1, 0.15) is 41.0 Å². The minimum atomic E-state index is -3.39. The molecule has 1 amide bonds. The van der Waals surface area contributed by atoms with E-state index in [2.05, 4.69) is 15.0 Å². The van der Waals surface area contributed by atoms with Gasteiger partial charge in [0.15, 0.2) is 0 Å². The third-order valence-corrected chi connectivity index (χ3v) is 4.84. The molecule has 0 aliphatic rings. The van der Waals surface area contributed by atoms with Gasteiger partial charge >= 0.3 is 0 Å². The molecule has 2 rings (SSSR count). The minimum absolute atomic E-state index is 0.0340. The maximum Gasteiger partial charge on any atom is 0.251 e. The van der Waals surface area contributed by atoms with E-state index in [0.717, 1.165) is 5.69 Å². The van der Waals surface area contributed by atoms with Gasteiger partial charge in [0.2, 0.25) is 15.9 Å². The van der Waals surface area contributed by atoms with Crippen molar-refractivity contribution in [3.63, 3.8) is 0 Å². The number of aromatic nitrogens is 1. The van der Waals surface area contributed by atoms with Gasteiger partial charge in [0, 0.05) is 11.3 Å². The highest BCUT2D eigenvalue weighted by molar-refractivity contribution is 7.92. The van der Waals surface area contributed by atoms with Crippen molar-refractivity contribution in [2.24, 2.45) is 0 Å².